The Kier molecular flexibility index (Phi) is 3.68. The van der Waals surface area contributed by atoms with Gasteiger partial charge in [-0.3, -0.25) is 5.43 Å². The van der Waals surface area contributed by atoms with Crippen molar-refractivity contribution in [3.8, 4) is 0 Å². The van der Waals surface area contributed by atoms with Gasteiger partial charge in [0.05, 0.1) is 0 Å². The molecule has 4 rings (SSSR count). The molecule has 0 aromatic heterocycles. The smallest absolute Gasteiger partial charge is 0.128 e. The first-order chi connectivity index (χ1) is 11.1. The summed E-state index contributed by atoms with van der Waals surface area (Å²) in [6.07, 6.45) is 5.10. The van der Waals surface area contributed by atoms with Crippen molar-refractivity contribution < 1.29 is 0 Å². The van der Waals surface area contributed by atoms with E-state index in [4.69, 9.17) is 0 Å². The van der Waals surface area contributed by atoms with Crippen molar-refractivity contribution in [3.05, 3.63) is 70.3 Å². The Balaban J connectivity index is 1.59. The molecule has 118 valence electrons. The van der Waals surface area contributed by atoms with Crippen molar-refractivity contribution in [1.29, 1.82) is 0 Å². The minimum absolute atomic E-state index is 0.174. The van der Waals surface area contributed by atoms with E-state index in [2.05, 4.69) is 66.8 Å². The summed E-state index contributed by atoms with van der Waals surface area (Å²) in [7, 11) is 0. The summed E-state index contributed by atoms with van der Waals surface area (Å²) >= 11 is 1.81. The first-order valence-electron chi connectivity index (χ1n) is 8.37. The van der Waals surface area contributed by atoms with Gasteiger partial charge in [-0.1, -0.05) is 59.8 Å². The number of fused-ring (bicyclic) bond motifs is 1. The zero-order chi connectivity index (χ0) is 15.9. The van der Waals surface area contributed by atoms with Gasteiger partial charge in [-0.15, -0.1) is 0 Å². The third-order valence-corrected chi connectivity index (χ3v) is 6.13. The van der Waals surface area contributed by atoms with Crippen molar-refractivity contribution in [3.63, 3.8) is 0 Å². The molecule has 1 aliphatic heterocycles. The Morgan fingerprint density at radius 2 is 1.74 bits per heavy atom. The van der Waals surface area contributed by atoms with Gasteiger partial charge < -0.3 is 0 Å². The van der Waals surface area contributed by atoms with Gasteiger partial charge in [-0.2, -0.15) is 5.10 Å². The lowest BCUT2D eigenvalue weighted by molar-refractivity contribution is 0.560. The number of nitrogens with zero attached hydrogens (tertiary/aromatic N) is 1. The number of nitrogens with one attached hydrogen (secondary N) is 1. The minimum Gasteiger partial charge on any atom is -0.288 e. The number of rotatable bonds is 2. The Morgan fingerprint density at radius 3 is 2.52 bits per heavy atom. The number of hydrogen-bond acceptors (Lipinski definition) is 3. The van der Waals surface area contributed by atoms with E-state index >= 15 is 0 Å². The van der Waals surface area contributed by atoms with Crippen LogP contribution in [0.15, 0.2) is 47.6 Å². The van der Waals surface area contributed by atoms with Crippen LogP contribution in [-0.4, -0.2) is 5.04 Å². The van der Waals surface area contributed by atoms with Crippen LogP contribution in [0.1, 0.15) is 47.6 Å². The highest BCUT2D eigenvalue weighted by Crippen LogP contribution is 2.41. The highest BCUT2D eigenvalue weighted by Gasteiger charge is 2.35. The molecule has 0 unspecified atom stereocenters. The van der Waals surface area contributed by atoms with Crippen LogP contribution in [0.25, 0.3) is 0 Å². The zero-order valence-electron chi connectivity index (χ0n) is 13.7. The van der Waals surface area contributed by atoms with Crippen LogP contribution < -0.4 is 5.43 Å². The molecule has 3 heteroatoms. The van der Waals surface area contributed by atoms with E-state index in [1.807, 2.05) is 11.8 Å². The maximum Gasteiger partial charge on any atom is 0.128 e. The van der Waals surface area contributed by atoms with Crippen molar-refractivity contribution >= 4 is 16.8 Å². The van der Waals surface area contributed by atoms with Gasteiger partial charge in [0.15, 0.2) is 0 Å². The molecule has 2 aromatic carbocycles. The minimum atomic E-state index is -0.174. The van der Waals surface area contributed by atoms with Crippen LogP contribution in [0, 0.1) is 6.92 Å². The fourth-order valence-corrected chi connectivity index (χ4v) is 4.44. The molecular formula is C20H22N2S. The number of benzene rings is 2. The molecule has 0 bridgehead atoms. The van der Waals surface area contributed by atoms with Gasteiger partial charge in [0.1, 0.15) is 9.91 Å². The van der Waals surface area contributed by atoms with Gasteiger partial charge >= 0.3 is 0 Å². The molecule has 1 heterocycles. The second-order valence-electron chi connectivity index (χ2n) is 6.72. The molecule has 23 heavy (non-hydrogen) atoms. The topological polar surface area (TPSA) is 24.4 Å². The largest absolute Gasteiger partial charge is 0.288 e. The van der Waals surface area contributed by atoms with Crippen LogP contribution in [0.2, 0.25) is 0 Å². The molecule has 1 aliphatic carbocycles. The summed E-state index contributed by atoms with van der Waals surface area (Å²) < 4.78 is 0. The Hall–Kier alpha value is -1.74. The van der Waals surface area contributed by atoms with Crippen molar-refractivity contribution in [2.45, 2.75) is 44.4 Å². The maximum atomic E-state index is 4.61. The Bertz CT molecular complexity index is 764. The Labute approximate surface area is 142 Å². The average molecular weight is 322 g/mol. The average Bonchev–Trinajstić information content (AvgIpc) is 2.99. The normalized spacial score (nSPS) is 23.1. The third-order valence-electron chi connectivity index (χ3n) is 4.87. The molecule has 1 N–H and O–H groups in total. The predicted octanol–water partition coefficient (Wildman–Crippen LogP) is 4.74. The van der Waals surface area contributed by atoms with Gasteiger partial charge in [-0.05, 0) is 56.2 Å². The molecule has 0 radical (unpaired) electrons. The highest BCUT2D eigenvalue weighted by molar-refractivity contribution is 8.15. The van der Waals surface area contributed by atoms with Crippen LogP contribution >= 0.6 is 11.8 Å². The fourth-order valence-electron chi connectivity index (χ4n) is 3.37. The van der Waals surface area contributed by atoms with E-state index < -0.39 is 0 Å². The summed E-state index contributed by atoms with van der Waals surface area (Å²) in [4.78, 5) is -0.174. The fraction of sp³-hybridized carbons (Fsp3) is 0.350. The quantitative estimate of drug-likeness (QED) is 0.863. The number of hydrazone groups is 1. The number of thioether (sulfide) groups is 1. The molecule has 0 fully saturated rings. The number of aryl methyl sites for hydroxylation is 3. The van der Waals surface area contributed by atoms with E-state index in [0.717, 1.165) is 5.04 Å². The molecule has 0 saturated carbocycles. The molecule has 1 atom stereocenters. The molecular weight excluding hydrogens is 300 g/mol. The predicted molar refractivity (Wildman–Crippen MR) is 98.9 cm³/mol. The third kappa shape index (κ3) is 2.78. The standard InChI is InChI=1S/C20H22N2S/c1-14-7-9-16(10-8-14)19-21-22-20(2,23-19)18-12-11-15-5-3-4-6-17(15)13-18/h7-13,22H,3-6H2,1-2H3/t20-/m1/s1. The van der Waals surface area contributed by atoms with Crippen molar-refractivity contribution in [2.24, 2.45) is 5.10 Å². The lowest BCUT2D eigenvalue weighted by Crippen LogP contribution is -2.29. The van der Waals surface area contributed by atoms with E-state index in [0.29, 0.717) is 0 Å². The second kappa shape index (κ2) is 5.72. The molecule has 2 aromatic rings. The SMILES string of the molecule is Cc1ccc(C2=NN[C@@](C)(c3ccc4c(c3)CCCC4)S2)cc1. The van der Waals surface area contributed by atoms with Crippen LogP contribution in [-0.2, 0) is 17.7 Å². The van der Waals surface area contributed by atoms with E-state index in [9.17, 15) is 0 Å². The van der Waals surface area contributed by atoms with Crippen LogP contribution in [0.4, 0.5) is 0 Å². The van der Waals surface area contributed by atoms with Crippen LogP contribution in [0.3, 0.4) is 0 Å². The first kappa shape index (κ1) is 14.8. The summed E-state index contributed by atoms with van der Waals surface area (Å²) in [5.41, 5.74) is 10.2. The Morgan fingerprint density at radius 1 is 1.00 bits per heavy atom. The van der Waals surface area contributed by atoms with Crippen LogP contribution in [0.5, 0.6) is 0 Å². The summed E-state index contributed by atoms with van der Waals surface area (Å²) in [6, 6.07) is 15.6. The summed E-state index contributed by atoms with van der Waals surface area (Å²) in [5, 5.41) is 5.68. The van der Waals surface area contributed by atoms with Gasteiger partial charge in [-0.25, -0.2) is 0 Å². The van der Waals surface area contributed by atoms with E-state index in [1.54, 1.807) is 0 Å². The lowest BCUT2D eigenvalue weighted by Gasteiger charge is -2.26. The molecule has 0 saturated heterocycles. The van der Waals surface area contributed by atoms with E-state index in [-0.39, 0.29) is 4.87 Å². The summed E-state index contributed by atoms with van der Waals surface area (Å²) in [5.74, 6) is 0. The molecule has 0 amide bonds. The molecule has 0 spiro atoms. The zero-order valence-corrected chi connectivity index (χ0v) is 14.5. The van der Waals surface area contributed by atoms with Gasteiger partial charge in [0.25, 0.3) is 0 Å². The monoisotopic (exact) mass is 322 g/mol. The maximum absolute atomic E-state index is 4.61. The second-order valence-corrected chi connectivity index (χ2v) is 8.13. The molecule has 2 nitrogen and oxygen atoms in total. The summed E-state index contributed by atoms with van der Waals surface area (Å²) in [6.45, 7) is 4.34. The highest BCUT2D eigenvalue weighted by atomic mass is 32.2. The first-order valence-corrected chi connectivity index (χ1v) is 9.19. The molecule has 2 aliphatic rings. The van der Waals surface area contributed by atoms with E-state index in [1.165, 1.54) is 53.5 Å². The van der Waals surface area contributed by atoms with Gasteiger partial charge in [0, 0.05) is 5.56 Å². The van der Waals surface area contributed by atoms with Gasteiger partial charge in [0.2, 0.25) is 0 Å². The number of hydrogen-bond donors (Lipinski definition) is 1. The lowest BCUT2D eigenvalue weighted by atomic mass is 9.89. The van der Waals surface area contributed by atoms with Crippen molar-refractivity contribution in [1.82, 2.24) is 5.43 Å². The van der Waals surface area contributed by atoms with Crippen molar-refractivity contribution in [2.75, 3.05) is 0 Å².